The molecule has 0 aliphatic rings. The largest absolute Gasteiger partial charge is 0.462 e. The molecule has 5 nitrogen and oxygen atoms in total. The number of aliphatic hydroxyl groups is 1. The maximum Gasteiger partial charge on any atom is 0.306 e. The van der Waals surface area contributed by atoms with Crippen LogP contribution in [0.4, 0.5) is 0 Å². The second-order valence-electron chi connectivity index (χ2n) is 27.9. The van der Waals surface area contributed by atoms with E-state index in [1.165, 1.54) is 424 Å². The van der Waals surface area contributed by atoms with Crippen molar-refractivity contribution in [3.05, 3.63) is 0 Å². The van der Waals surface area contributed by atoms with E-state index in [4.69, 9.17) is 9.47 Å². The minimum absolute atomic E-state index is 0.0551. The van der Waals surface area contributed by atoms with Crippen LogP contribution >= 0.6 is 0 Å². The molecule has 508 valence electrons. The fraction of sp³-hybridized carbons (Fsp3) is 0.975. The van der Waals surface area contributed by atoms with Gasteiger partial charge in [0.1, 0.15) is 6.61 Å². The standard InChI is InChI=1S/C80H158O5/c1-3-5-7-9-11-13-15-17-19-21-23-25-27-29-31-33-35-36-37-38-39-40-41-42-43-45-47-49-51-53-55-57-59-61-63-65-67-69-71-73-75-80(83)85-78(76-81)77-84-79(82)74-72-70-68-66-64-62-60-58-56-54-52-50-48-46-44-34-32-30-28-26-24-22-20-18-16-14-12-10-8-6-4-2/h78,81H,3-77H2,1-2H3. The molecule has 0 saturated carbocycles. The van der Waals surface area contributed by atoms with E-state index in [-0.39, 0.29) is 25.2 Å². The molecule has 0 rings (SSSR count). The molecule has 0 bridgehead atoms. The van der Waals surface area contributed by atoms with Crippen molar-refractivity contribution in [3.8, 4) is 0 Å². The van der Waals surface area contributed by atoms with Gasteiger partial charge >= 0.3 is 11.9 Å². The molecule has 0 aromatic carbocycles. The van der Waals surface area contributed by atoms with Crippen LogP contribution in [0, 0.1) is 0 Å². The zero-order valence-electron chi connectivity index (χ0n) is 58.7. The Kier molecular flexibility index (Phi) is 76.1. The first-order chi connectivity index (χ1) is 42.1. The molecule has 0 amide bonds. The van der Waals surface area contributed by atoms with E-state index in [0.29, 0.717) is 12.8 Å². The molecule has 0 aliphatic carbocycles. The van der Waals surface area contributed by atoms with E-state index < -0.39 is 6.10 Å². The average molecular weight is 1200 g/mol. The van der Waals surface area contributed by atoms with Crippen LogP contribution < -0.4 is 0 Å². The van der Waals surface area contributed by atoms with Gasteiger partial charge in [-0.25, -0.2) is 0 Å². The molecular weight excluding hydrogens is 1040 g/mol. The van der Waals surface area contributed by atoms with Crippen molar-refractivity contribution in [3.63, 3.8) is 0 Å². The molecule has 1 atom stereocenters. The summed E-state index contributed by atoms with van der Waals surface area (Å²) in [6, 6.07) is 0. The number of carbonyl (C=O) groups excluding carboxylic acids is 2. The summed E-state index contributed by atoms with van der Waals surface area (Å²) in [5.41, 5.74) is 0. The summed E-state index contributed by atoms with van der Waals surface area (Å²) in [5.74, 6) is -0.556. The minimum atomic E-state index is -0.766. The Bertz CT molecular complexity index is 1220. The maximum absolute atomic E-state index is 12.4. The minimum Gasteiger partial charge on any atom is -0.462 e. The average Bonchev–Trinajstić information content (AvgIpc) is 3.52. The van der Waals surface area contributed by atoms with Gasteiger partial charge in [-0.15, -0.1) is 0 Å². The SMILES string of the molecule is CCCCCCCCCCCCCCCCCCCCCCCCCCCCCCCCCCCCCCCCCCC(=O)OC(CO)COC(=O)CCCCCCCCCCCCCCCCCCCCCCCCCCCCCCCCC. The Labute approximate surface area is 535 Å². The summed E-state index contributed by atoms with van der Waals surface area (Å²) in [5, 5.41) is 9.72. The highest BCUT2D eigenvalue weighted by molar-refractivity contribution is 5.70. The van der Waals surface area contributed by atoms with E-state index in [1.54, 1.807) is 0 Å². The number of aliphatic hydroxyl groups excluding tert-OH is 1. The van der Waals surface area contributed by atoms with Gasteiger partial charge in [-0.2, -0.15) is 0 Å². The lowest BCUT2D eigenvalue weighted by Gasteiger charge is -2.15. The summed E-state index contributed by atoms with van der Waals surface area (Å²) in [6.07, 6.45) is 99.3. The Balaban J connectivity index is 3.32. The first-order valence-electron chi connectivity index (χ1n) is 40.1. The van der Waals surface area contributed by atoms with Crippen molar-refractivity contribution in [1.82, 2.24) is 0 Å². The molecule has 5 heteroatoms. The second kappa shape index (κ2) is 77.1. The van der Waals surface area contributed by atoms with Crippen LogP contribution in [-0.4, -0.2) is 36.4 Å². The predicted octanol–water partition coefficient (Wildman–Crippen LogP) is 28.0. The number of esters is 2. The Morgan fingerprint density at radius 3 is 0.518 bits per heavy atom. The van der Waals surface area contributed by atoms with Gasteiger partial charge in [0.15, 0.2) is 6.10 Å². The van der Waals surface area contributed by atoms with Gasteiger partial charge in [-0.3, -0.25) is 9.59 Å². The number of carbonyl (C=O) groups is 2. The molecule has 0 radical (unpaired) electrons. The third kappa shape index (κ3) is 75.3. The lowest BCUT2D eigenvalue weighted by Crippen LogP contribution is -2.28. The van der Waals surface area contributed by atoms with Crippen molar-refractivity contribution in [2.24, 2.45) is 0 Å². The van der Waals surface area contributed by atoms with Crippen LogP contribution in [0.2, 0.25) is 0 Å². The van der Waals surface area contributed by atoms with E-state index in [2.05, 4.69) is 13.8 Å². The summed E-state index contributed by atoms with van der Waals surface area (Å²) in [4.78, 5) is 24.7. The van der Waals surface area contributed by atoms with Crippen molar-refractivity contribution >= 4 is 11.9 Å². The monoisotopic (exact) mass is 1200 g/mol. The van der Waals surface area contributed by atoms with E-state index in [9.17, 15) is 14.7 Å². The molecular formula is C80H158O5. The molecule has 0 aliphatic heterocycles. The highest BCUT2D eigenvalue weighted by Gasteiger charge is 2.16. The third-order valence-corrected chi connectivity index (χ3v) is 19.2. The summed E-state index contributed by atoms with van der Waals surface area (Å²) in [6.45, 7) is 4.24. The molecule has 0 spiro atoms. The first-order valence-corrected chi connectivity index (χ1v) is 40.1. The molecule has 85 heavy (non-hydrogen) atoms. The van der Waals surface area contributed by atoms with Crippen molar-refractivity contribution < 1.29 is 24.2 Å². The summed E-state index contributed by atoms with van der Waals surface area (Å²) in [7, 11) is 0. The molecule has 0 fully saturated rings. The van der Waals surface area contributed by atoms with Crippen LogP contribution in [0.15, 0.2) is 0 Å². The quantitative estimate of drug-likeness (QED) is 0.0485. The van der Waals surface area contributed by atoms with Crippen LogP contribution in [0.25, 0.3) is 0 Å². The Morgan fingerprint density at radius 1 is 0.224 bits per heavy atom. The van der Waals surface area contributed by atoms with Gasteiger partial charge < -0.3 is 14.6 Å². The summed E-state index contributed by atoms with van der Waals surface area (Å²) < 4.78 is 10.8. The van der Waals surface area contributed by atoms with Gasteiger partial charge in [0.25, 0.3) is 0 Å². The van der Waals surface area contributed by atoms with Crippen LogP contribution in [0.5, 0.6) is 0 Å². The second-order valence-corrected chi connectivity index (χ2v) is 27.9. The fourth-order valence-electron chi connectivity index (χ4n) is 13.2. The molecule has 0 heterocycles. The number of hydrogen-bond donors (Lipinski definition) is 1. The lowest BCUT2D eigenvalue weighted by molar-refractivity contribution is -0.161. The van der Waals surface area contributed by atoms with E-state index >= 15 is 0 Å². The van der Waals surface area contributed by atoms with Crippen molar-refractivity contribution in [2.45, 2.75) is 489 Å². The Hall–Kier alpha value is -1.10. The van der Waals surface area contributed by atoms with Gasteiger partial charge in [0.05, 0.1) is 6.61 Å². The van der Waals surface area contributed by atoms with Gasteiger partial charge in [-0.1, -0.05) is 457 Å². The van der Waals surface area contributed by atoms with E-state index in [1.807, 2.05) is 0 Å². The smallest absolute Gasteiger partial charge is 0.306 e. The first kappa shape index (κ1) is 83.9. The van der Waals surface area contributed by atoms with Crippen LogP contribution in [-0.2, 0) is 19.1 Å². The zero-order chi connectivity index (χ0) is 61.2. The molecule has 1 unspecified atom stereocenters. The molecule has 0 aromatic rings. The van der Waals surface area contributed by atoms with Crippen LogP contribution in [0.1, 0.15) is 483 Å². The fourth-order valence-corrected chi connectivity index (χ4v) is 13.2. The number of rotatable bonds is 77. The topological polar surface area (TPSA) is 72.8 Å². The van der Waals surface area contributed by atoms with Gasteiger partial charge in [0, 0.05) is 12.8 Å². The van der Waals surface area contributed by atoms with Gasteiger partial charge in [0.2, 0.25) is 0 Å². The Morgan fingerprint density at radius 2 is 0.365 bits per heavy atom. The number of hydrogen-bond acceptors (Lipinski definition) is 5. The normalized spacial score (nSPS) is 12.0. The lowest BCUT2D eigenvalue weighted by atomic mass is 10.0. The molecule has 0 saturated heterocycles. The third-order valence-electron chi connectivity index (χ3n) is 19.2. The summed E-state index contributed by atoms with van der Waals surface area (Å²) >= 11 is 0. The number of ether oxygens (including phenoxy) is 2. The highest BCUT2D eigenvalue weighted by Crippen LogP contribution is 2.21. The maximum atomic E-state index is 12.4. The highest BCUT2D eigenvalue weighted by atomic mass is 16.6. The zero-order valence-corrected chi connectivity index (χ0v) is 58.7. The molecule has 1 N–H and O–H groups in total. The van der Waals surface area contributed by atoms with E-state index in [0.717, 1.165) is 32.1 Å². The molecule has 0 aromatic heterocycles. The predicted molar refractivity (Wildman–Crippen MR) is 376 cm³/mol. The van der Waals surface area contributed by atoms with Gasteiger partial charge in [-0.05, 0) is 12.8 Å². The number of unbranched alkanes of at least 4 members (excludes halogenated alkanes) is 69. The van der Waals surface area contributed by atoms with Crippen molar-refractivity contribution in [1.29, 1.82) is 0 Å². The van der Waals surface area contributed by atoms with Crippen molar-refractivity contribution in [2.75, 3.05) is 13.2 Å². The van der Waals surface area contributed by atoms with Crippen LogP contribution in [0.3, 0.4) is 0 Å².